The monoisotopic (exact) mass is 300 g/mol. The van der Waals surface area contributed by atoms with Crippen LogP contribution in [0.4, 0.5) is 0 Å². The third-order valence-electron chi connectivity index (χ3n) is 4.19. The molecule has 1 aromatic heterocycles. The highest BCUT2D eigenvalue weighted by molar-refractivity contribution is 5.87. The molecule has 2 atom stereocenters. The predicted octanol–water partition coefficient (Wildman–Crippen LogP) is 1.56. The third-order valence-corrected chi connectivity index (χ3v) is 4.19. The van der Waals surface area contributed by atoms with E-state index in [-0.39, 0.29) is 12.0 Å². The normalized spacial score (nSPS) is 20.0. The summed E-state index contributed by atoms with van der Waals surface area (Å²) >= 11 is 0. The molecule has 5 nitrogen and oxygen atoms in total. The molecule has 5 heteroatoms. The van der Waals surface area contributed by atoms with Gasteiger partial charge in [0.25, 0.3) is 0 Å². The fourth-order valence-corrected chi connectivity index (χ4v) is 3.08. The SMILES string of the molecule is COC(=O)c1cc(CN[C@@H]2c3ccccc3C[C@@H]2O)cn1C. The van der Waals surface area contributed by atoms with Crippen molar-refractivity contribution in [2.24, 2.45) is 7.05 Å². The van der Waals surface area contributed by atoms with E-state index >= 15 is 0 Å². The highest BCUT2D eigenvalue weighted by Crippen LogP contribution is 2.31. The number of carbonyl (C=O) groups is 1. The zero-order valence-corrected chi connectivity index (χ0v) is 12.7. The summed E-state index contributed by atoms with van der Waals surface area (Å²) in [5.74, 6) is -0.347. The molecule has 0 aliphatic heterocycles. The van der Waals surface area contributed by atoms with Gasteiger partial charge in [0.15, 0.2) is 0 Å². The third kappa shape index (κ3) is 2.65. The van der Waals surface area contributed by atoms with Crippen LogP contribution in [0.2, 0.25) is 0 Å². The molecule has 1 aliphatic carbocycles. The number of benzene rings is 1. The van der Waals surface area contributed by atoms with Gasteiger partial charge in [0.05, 0.1) is 19.3 Å². The van der Waals surface area contributed by atoms with Crippen LogP contribution in [0, 0.1) is 0 Å². The zero-order valence-electron chi connectivity index (χ0n) is 12.7. The summed E-state index contributed by atoms with van der Waals surface area (Å²) in [4.78, 5) is 11.6. The Bertz CT molecular complexity index is 693. The molecule has 22 heavy (non-hydrogen) atoms. The molecule has 3 rings (SSSR count). The number of aliphatic hydroxyl groups excluding tert-OH is 1. The Kier molecular flexibility index (Phi) is 4.00. The van der Waals surface area contributed by atoms with Crippen LogP contribution in [0.25, 0.3) is 0 Å². The lowest BCUT2D eigenvalue weighted by atomic mass is 10.1. The molecule has 0 radical (unpaired) electrons. The van der Waals surface area contributed by atoms with Crippen LogP contribution in [0.5, 0.6) is 0 Å². The lowest BCUT2D eigenvalue weighted by Gasteiger charge is -2.17. The highest BCUT2D eigenvalue weighted by Gasteiger charge is 2.30. The van der Waals surface area contributed by atoms with Crippen molar-refractivity contribution in [3.63, 3.8) is 0 Å². The molecule has 1 heterocycles. The van der Waals surface area contributed by atoms with E-state index in [9.17, 15) is 9.90 Å². The quantitative estimate of drug-likeness (QED) is 0.841. The van der Waals surface area contributed by atoms with Crippen molar-refractivity contribution < 1.29 is 14.6 Å². The summed E-state index contributed by atoms with van der Waals surface area (Å²) in [6, 6.07) is 9.83. The molecule has 0 saturated heterocycles. The van der Waals surface area contributed by atoms with E-state index in [1.165, 1.54) is 12.7 Å². The van der Waals surface area contributed by atoms with E-state index < -0.39 is 6.10 Å². The summed E-state index contributed by atoms with van der Waals surface area (Å²) in [5, 5.41) is 13.6. The molecule has 1 aromatic carbocycles. The second-order valence-electron chi connectivity index (χ2n) is 5.66. The number of ether oxygens (including phenoxy) is 1. The van der Waals surface area contributed by atoms with Gasteiger partial charge in [0.1, 0.15) is 5.69 Å². The number of nitrogens with zero attached hydrogens (tertiary/aromatic N) is 1. The molecule has 0 bridgehead atoms. The van der Waals surface area contributed by atoms with Gasteiger partial charge >= 0.3 is 5.97 Å². The first-order chi connectivity index (χ1) is 10.6. The van der Waals surface area contributed by atoms with E-state index in [1.54, 1.807) is 4.57 Å². The lowest BCUT2D eigenvalue weighted by molar-refractivity contribution is 0.0590. The fraction of sp³-hybridized carbons (Fsp3) is 0.353. The van der Waals surface area contributed by atoms with E-state index in [1.807, 2.05) is 37.5 Å². The molecule has 116 valence electrons. The van der Waals surface area contributed by atoms with Crippen LogP contribution in [0.1, 0.15) is 33.2 Å². The molecule has 0 amide bonds. The minimum Gasteiger partial charge on any atom is -0.464 e. The Balaban J connectivity index is 1.72. The molecule has 1 aliphatic rings. The van der Waals surface area contributed by atoms with Gasteiger partial charge in [-0.15, -0.1) is 0 Å². The summed E-state index contributed by atoms with van der Waals surface area (Å²) < 4.78 is 6.50. The predicted molar refractivity (Wildman–Crippen MR) is 82.5 cm³/mol. The number of aryl methyl sites for hydroxylation is 1. The number of nitrogens with one attached hydrogen (secondary N) is 1. The minimum atomic E-state index is -0.416. The van der Waals surface area contributed by atoms with Gasteiger partial charge in [-0.25, -0.2) is 4.79 Å². The minimum absolute atomic E-state index is 0.0713. The number of carbonyl (C=O) groups excluding carboxylic acids is 1. The number of aliphatic hydroxyl groups is 1. The maximum atomic E-state index is 11.6. The number of fused-ring (bicyclic) bond motifs is 1. The first-order valence-electron chi connectivity index (χ1n) is 7.33. The maximum absolute atomic E-state index is 11.6. The van der Waals surface area contributed by atoms with E-state index in [0.717, 1.165) is 11.1 Å². The van der Waals surface area contributed by atoms with Gasteiger partial charge in [-0.05, 0) is 22.8 Å². The van der Waals surface area contributed by atoms with Gasteiger partial charge in [-0.2, -0.15) is 0 Å². The van der Waals surface area contributed by atoms with E-state index in [2.05, 4.69) is 11.4 Å². The van der Waals surface area contributed by atoms with Crippen molar-refractivity contribution in [1.82, 2.24) is 9.88 Å². The molecular weight excluding hydrogens is 280 g/mol. The first kappa shape index (κ1) is 14.8. The molecule has 0 saturated carbocycles. The van der Waals surface area contributed by atoms with E-state index in [4.69, 9.17) is 4.74 Å². The maximum Gasteiger partial charge on any atom is 0.354 e. The largest absolute Gasteiger partial charge is 0.464 e. The topological polar surface area (TPSA) is 63.5 Å². The number of esters is 1. The molecule has 2 N–H and O–H groups in total. The van der Waals surface area contributed by atoms with Crippen molar-refractivity contribution in [2.75, 3.05) is 7.11 Å². The Morgan fingerprint density at radius 2 is 2.23 bits per heavy atom. The van der Waals surface area contributed by atoms with Crippen molar-refractivity contribution in [3.8, 4) is 0 Å². The average Bonchev–Trinajstić information content (AvgIpc) is 3.04. The van der Waals surface area contributed by atoms with Gasteiger partial charge in [0.2, 0.25) is 0 Å². The summed E-state index contributed by atoms with van der Waals surface area (Å²) in [7, 11) is 3.19. The van der Waals surface area contributed by atoms with Gasteiger partial charge < -0.3 is 19.7 Å². The van der Waals surface area contributed by atoms with Crippen molar-refractivity contribution in [3.05, 3.63) is 58.9 Å². The molecule has 0 spiro atoms. The van der Waals surface area contributed by atoms with Crippen LogP contribution in [0.15, 0.2) is 36.5 Å². The molecular formula is C17H20N2O3. The number of methoxy groups -OCH3 is 1. The van der Waals surface area contributed by atoms with Gasteiger partial charge in [-0.1, -0.05) is 24.3 Å². The van der Waals surface area contributed by atoms with Crippen LogP contribution in [0.3, 0.4) is 0 Å². The number of rotatable bonds is 4. The van der Waals surface area contributed by atoms with Crippen LogP contribution >= 0.6 is 0 Å². The smallest absolute Gasteiger partial charge is 0.354 e. The van der Waals surface area contributed by atoms with Gasteiger partial charge in [0, 0.05) is 26.2 Å². The fourth-order valence-electron chi connectivity index (χ4n) is 3.08. The van der Waals surface area contributed by atoms with Crippen LogP contribution < -0.4 is 5.32 Å². The number of hydrogen-bond donors (Lipinski definition) is 2. The average molecular weight is 300 g/mol. The van der Waals surface area contributed by atoms with Crippen LogP contribution in [-0.4, -0.2) is 28.9 Å². The zero-order chi connectivity index (χ0) is 15.7. The molecule has 0 unspecified atom stereocenters. The Morgan fingerprint density at radius 3 is 3.00 bits per heavy atom. The van der Waals surface area contributed by atoms with Crippen molar-refractivity contribution in [2.45, 2.75) is 25.1 Å². The summed E-state index contributed by atoms with van der Waals surface area (Å²) in [6.45, 7) is 0.584. The Morgan fingerprint density at radius 1 is 1.45 bits per heavy atom. The van der Waals surface area contributed by atoms with E-state index in [0.29, 0.717) is 18.7 Å². The second-order valence-corrected chi connectivity index (χ2v) is 5.66. The Hall–Kier alpha value is -2.11. The highest BCUT2D eigenvalue weighted by atomic mass is 16.5. The lowest BCUT2D eigenvalue weighted by Crippen LogP contribution is -2.28. The Labute approximate surface area is 129 Å². The first-order valence-corrected chi connectivity index (χ1v) is 7.33. The van der Waals surface area contributed by atoms with Crippen LogP contribution in [-0.2, 0) is 24.8 Å². The van der Waals surface area contributed by atoms with Crippen molar-refractivity contribution in [1.29, 1.82) is 0 Å². The van der Waals surface area contributed by atoms with Crippen molar-refractivity contribution >= 4 is 5.97 Å². The van der Waals surface area contributed by atoms with Gasteiger partial charge in [-0.3, -0.25) is 0 Å². The second kappa shape index (κ2) is 5.94. The number of hydrogen-bond acceptors (Lipinski definition) is 4. The molecule has 0 fully saturated rings. The number of aromatic nitrogens is 1. The molecule has 2 aromatic rings. The standard InChI is InChI=1S/C17H20N2O3/c1-19-10-11(7-14(19)17(21)22-2)9-18-16-13-6-4-3-5-12(13)8-15(16)20/h3-7,10,15-16,18,20H,8-9H2,1-2H3/t15-,16+/m0/s1. The summed E-state index contributed by atoms with van der Waals surface area (Å²) in [6.07, 6.45) is 2.16. The summed E-state index contributed by atoms with van der Waals surface area (Å²) in [5.41, 5.74) is 3.85.